The molecule has 1 aliphatic heterocycles. The fourth-order valence-electron chi connectivity index (χ4n) is 1.36. The highest BCUT2D eigenvalue weighted by Crippen LogP contribution is 2.07. The van der Waals surface area contributed by atoms with Crippen LogP contribution in [-0.2, 0) is 0 Å². The van der Waals surface area contributed by atoms with Gasteiger partial charge < -0.3 is 0 Å². The van der Waals surface area contributed by atoms with Gasteiger partial charge in [-0.15, -0.1) is 11.8 Å². The molecule has 0 bridgehead atoms. The number of hydrogen-bond donors (Lipinski definition) is 0. The Kier molecular flexibility index (Phi) is 14.0. The first kappa shape index (κ1) is 15.0. The second-order valence-electron chi connectivity index (χ2n) is 3.80. The molecule has 0 N–H and O–H groups in total. The van der Waals surface area contributed by atoms with Crippen molar-refractivity contribution < 1.29 is 0 Å². The molecule has 0 saturated heterocycles. The zero-order valence-electron chi connectivity index (χ0n) is 10.1. The molecule has 1 rings (SSSR count). The highest BCUT2D eigenvalue weighted by Gasteiger charge is 1.88. The molecule has 2 heteroatoms. The Morgan fingerprint density at radius 1 is 1.13 bits per heavy atom. The fourth-order valence-corrected chi connectivity index (χ4v) is 1.82. The number of unbranched alkanes of at least 4 members (excludes halogenated alkanes) is 7. The minimum Gasteiger partial charge on any atom is -0.275 e. The van der Waals surface area contributed by atoms with E-state index in [-0.39, 0.29) is 0 Å². The molecule has 0 spiro atoms. The third-order valence-corrected chi connectivity index (χ3v) is 2.93. The predicted molar refractivity (Wildman–Crippen MR) is 72.7 cm³/mol. The second kappa shape index (κ2) is 14.0. The first-order valence-electron chi connectivity index (χ1n) is 6.24. The van der Waals surface area contributed by atoms with Gasteiger partial charge in [0.25, 0.3) is 0 Å². The van der Waals surface area contributed by atoms with Crippen molar-refractivity contribution in [2.24, 2.45) is 4.99 Å². The first-order chi connectivity index (χ1) is 7.41. The van der Waals surface area contributed by atoms with Crippen LogP contribution in [0.5, 0.6) is 0 Å². The minimum atomic E-state index is 0.977. The van der Waals surface area contributed by atoms with E-state index in [1.807, 2.05) is 0 Å². The summed E-state index contributed by atoms with van der Waals surface area (Å²) in [5.74, 6) is 1.14. The van der Waals surface area contributed by atoms with Crippen molar-refractivity contribution in [3.05, 3.63) is 6.92 Å². The molecule has 0 atom stereocenters. The smallest absolute Gasteiger partial charge is 0.122 e. The third-order valence-electron chi connectivity index (χ3n) is 2.29. The molecule has 0 aromatic rings. The van der Waals surface area contributed by atoms with Crippen LogP contribution in [0.1, 0.15) is 58.3 Å². The molecule has 1 nitrogen and oxygen atoms in total. The average molecular weight is 227 g/mol. The molecule has 88 valence electrons. The van der Waals surface area contributed by atoms with Crippen LogP contribution in [0, 0.1) is 6.92 Å². The third kappa shape index (κ3) is 14.0. The maximum Gasteiger partial charge on any atom is 0.122 e. The van der Waals surface area contributed by atoms with Gasteiger partial charge in [0, 0.05) is 12.3 Å². The van der Waals surface area contributed by atoms with E-state index in [9.17, 15) is 0 Å². The van der Waals surface area contributed by atoms with Crippen LogP contribution in [-0.4, -0.2) is 17.8 Å². The predicted octanol–water partition coefficient (Wildman–Crippen LogP) is 4.60. The lowest BCUT2D eigenvalue weighted by molar-refractivity contribution is 0.592. The van der Waals surface area contributed by atoms with Crippen molar-refractivity contribution >= 4 is 17.3 Å². The number of rotatable bonds is 7. The van der Waals surface area contributed by atoms with Gasteiger partial charge in [0.2, 0.25) is 0 Å². The van der Waals surface area contributed by atoms with Gasteiger partial charge >= 0.3 is 0 Å². The molecular formula is C13H25NS. The zero-order valence-corrected chi connectivity index (χ0v) is 11.0. The molecule has 0 aliphatic carbocycles. The second-order valence-corrected chi connectivity index (χ2v) is 4.68. The monoisotopic (exact) mass is 227 g/mol. The summed E-state index contributed by atoms with van der Waals surface area (Å²) in [4.78, 5) is 3.80. The van der Waals surface area contributed by atoms with E-state index in [2.05, 4.69) is 24.4 Å². The highest BCUT2D eigenvalue weighted by atomic mass is 32.2. The SMILES string of the molecule is [CH2]CCCCCCCCC.[C]1=NCCS1. The summed E-state index contributed by atoms with van der Waals surface area (Å²) in [6.07, 6.45) is 10.9. The molecule has 0 saturated carbocycles. The average Bonchev–Trinajstić information content (AvgIpc) is 2.82. The molecule has 0 amide bonds. The van der Waals surface area contributed by atoms with Gasteiger partial charge in [-0.05, 0) is 0 Å². The molecule has 2 radical (unpaired) electrons. The van der Waals surface area contributed by atoms with Gasteiger partial charge in [-0.1, -0.05) is 65.2 Å². The molecule has 0 unspecified atom stereocenters. The lowest BCUT2D eigenvalue weighted by atomic mass is 10.1. The largest absolute Gasteiger partial charge is 0.275 e. The summed E-state index contributed by atoms with van der Waals surface area (Å²) in [7, 11) is 0. The van der Waals surface area contributed by atoms with Gasteiger partial charge in [0.05, 0.1) is 0 Å². The maximum atomic E-state index is 3.82. The molecule has 15 heavy (non-hydrogen) atoms. The van der Waals surface area contributed by atoms with Crippen LogP contribution in [0.4, 0.5) is 0 Å². The van der Waals surface area contributed by atoms with Crippen molar-refractivity contribution in [1.29, 1.82) is 0 Å². The van der Waals surface area contributed by atoms with Gasteiger partial charge in [0.15, 0.2) is 0 Å². The number of aliphatic imine (C=N–C) groups is 1. The Labute approximate surface area is 100 Å². The summed E-state index contributed by atoms with van der Waals surface area (Å²) in [6, 6.07) is 0. The van der Waals surface area contributed by atoms with Crippen molar-refractivity contribution in [3.63, 3.8) is 0 Å². The molecule has 0 aromatic heterocycles. The highest BCUT2D eigenvalue weighted by molar-refractivity contribution is 8.12. The Hall–Kier alpha value is 0.0200. The standard InChI is InChI=1S/C10H21.C3H4NS/c1-3-5-7-9-10-8-6-4-2;1-2-5-3-4-1/h1,3-10H2,2H3;1-2H2. The summed E-state index contributed by atoms with van der Waals surface area (Å²) >= 11 is 1.66. The van der Waals surface area contributed by atoms with Crippen LogP contribution in [0.25, 0.3) is 0 Å². The van der Waals surface area contributed by atoms with Crippen molar-refractivity contribution in [1.82, 2.24) is 0 Å². The van der Waals surface area contributed by atoms with Gasteiger partial charge in [-0.25, -0.2) is 0 Å². The Morgan fingerprint density at radius 3 is 2.20 bits per heavy atom. The van der Waals surface area contributed by atoms with E-state index < -0.39 is 0 Å². The maximum absolute atomic E-state index is 3.82. The number of nitrogens with zero attached hydrogens (tertiary/aromatic N) is 1. The van der Waals surface area contributed by atoms with E-state index in [1.54, 1.807) is 11.8 Å². The van der Waals surface area contributed by atoms with E-state index in [0.29, 0.717) is 0 Å². The zero-order chi connectivity index (χ0) is 11.2. The summed E-state index contributed by atoms with van der Waals surface area (Å²) in [6.45, 7) is 7.06. The Balaban J connectivity index is 0.000000322. The molecule has 0 aromatic carbocycles. The summed E-state index contributed by atoms with van der Waals surface area (Å²) < 4.78 is 0. The van der Waals surface area contributed by atoms with Gasteiger partial charge in [-0.2, -0.15) is 0 Å². The lowest BCUT2D eigenvalue weighted by Crippen LogP contribution is -1.77. The van der Waals surface area contributed by atoms with E-state index in [4.69, 9.17) is 0 Å². The van der Waals surface area contributed by atoms with Crippen LogP contribution in [0.2, 0.25) is 0 Å². The van der Waals surface area contributed by atoms with E-state index >= 15 is 0 Å². The van der Waals surface area contributed by atoms with E-state index in [1.165, 1.54) is 44.9 Å². The van der Waals surface area contributed by atoms with Crippen molar-refractivity contribution in [2.45, 2.75) is 58.3 Å². The lowest BCUT2D eigenvalue weighted by Gasteiger charge is -1.97. The van der Waals surface area contributed by atoms with E-state index in [0.717, 1.165) is 18.7 Å². The number of hydrogen-bond acceptors (Lipinski definition) is 2. The van der Waals surface area contributed by atoms with Crippen molar-refractivity contribution in [3.8, 4) is 0 Å². The normalized spacial score (nSPS) is 13.7. The van der Waals surface area contributed by atoms with Crippen molar-refractivity contribution in [2.75, 3.05) is 12.3 Å². The van der Waals surface area contributed by atoms with Crippen LogP contribution >= 0.6 is 11.8 Å². The summed E-state index contributed by atoms with van der Waals surface area (Å²) in [5, 5.41) is 0. The van der Waals surface area contributed by atoms with Crippen LogP contribution in [0.3, 0.4) is 0 Å². The van der Waals surface area contributed by atoms with Crippen LogP contribution < -0.4 is 0 Å². The number of thioether (sulfide) groups is 1. The molecular weight excluding hydrogens is 202 g/mol. The molecule has 1 aliphatic rings. The topological polar surface area (TPSA) is 12.4 Å². The summed E-state index contributed by atoms with van der Waals surface area (Å²) in [5.41, 5.74) is 2.76. The Morgan fingerprint density at radius 2 is 1.80 bits per heavy atom. The quantitative estimate of drug-likeness (QED) is 0.579. The molecule has 1 heterocycles. The first-order valence-corrected chi connectivity index (χ1v) is 7.23. The van der Waals surface area contributed by atoms with Gasteiger partial charge in [-0.3, -0.25) is 4.99 Å². The minimum absolute atomic E-state index is 0.977. The Bertz CT molecular complexity index is 120. The molecule has 0 fully saturated rings. The fraction of sp³-hybridized carbons (Fsp3) is 0.846. The van der Waals surface area contributed by atoms with Crippen LogP contribution in [0.15, 0.2) is 4.99 Å². The van der Waals surface area contributed by atoms with Gasteiger partial charge in [0.1, 0.15) is 5.55 Å².